The van der Waals surface area contributed by atoms with Crippen molar-refractivity contribution in [1.82, 2.24) is 10.2 Å². The van der Waals surface area contributed by atoms with Crippen LogP contribution in [-0.2, 0) is 9.84 Å². The highest BCUT2D eigenvalue weighted by Gasteiger charge is 2.32. The molecule has 1 aromatic carbocycles. The lowest BCUT2D eigenvalue weighted by Crippen LogP contribution is -2.43. The lowest BCUT2D eigenvalue weighted by molar-refractivity contribution is 0.222. The van der Waals surface area contributed by atoms with E-state index in [-0.39, 0.29) is 17.6 Å². The molecule has 0 aliphatic carbocycles. The van der Waals surface area contributed by atoms with Crippen LogP contribution in [0, 0.1) is 5.82 Å². The van der Waals surface area contributed by atoms with Crippen molar-refractivity contribution in [2.75, 3.05) is 25.9 Å². The normalized spacial score (nSPS) is 26.5. The summed E-state index contributed by atoms with van der Waals surface area (Å²) in [5, 5.41) is 3.54. The van der Waals surface area contributed by atoms with E-state index >= 15 is 0 Å². The zero-order valence-electron chi connectivity index (χ0n) is 12.2. The molecule has 3 rings (SSSR count). The first-order valence-electron chi connectivity index (χ1n) is 7.42. The van der Waals surface area contributed by atoms with Crippen LogP contribution < -0.4 is 5.32 Å². The Morgan fingerprint density at radius 3 is 2.67 bits per heavy atom. The quantitative estimate of drug-likeness (QED) is 0.845. The van der Waals surface area contributed by atoms with Crippen molar-refractivity contribution in [1.29, 1.82) is 0 Å². The van der Waals surface area contributed by atoms with E-state index in [2.05, 4.69) is 17.3 Å². The summed E-state index contributed by atoms with van der Waals surface area (Å²) in [5.74, 6) is -0.239. The van der Waals surface area contributed by atoms with Gasteiger partial charge in [0.2, 0.25) is 0 Å². The maximum atomic E-state index is 13.5. The number of halogens is 1. The third-order valence-corrected chi connectivity index (χ3v) is 6.33. The SMILES string of the molecule is CN1CCC(NC2CCS(=O)(=O)c3ccc(F)cc32)CC1. The Balaban J connectivity index is 1.83. The van der Waals surface area contributed by atoms with Gasteiger partial charge in [-0.2, -0.15) is 0 Å². The first-order valence-corrected chi connectivity index (χ1v) is 9.08. The van der Waals surface area contributed by atoms with Crippen LogP contribution in [0.3, 0.4) is 0 Å². The first kappa shape index (κ1) is 14.9. The molecule has 1 aromatic rings. The Morgan fingerprint density at radius 1 is 1.24 bits per heavy atom. The molecule has 1 N–H and O–H groups in total. The molecular formula is C15H21FN2O2S. The van der Waals surface area contributed by atoms with E-state index in [1.165, 1.54) is 18.2 Å². The topological polar surface area (TPSA) is 49.4 Å². The minimum Gasteiger partial charge on any atom is -0.307 e. The molecule has 0 saturated carbocycles. The van der Waals surface area contributed by atoms with E-state index in [0.29, 0.717) is 22.9 Å². The molecule has 2 aliphatic rings. The lowest BCUT2D eigenvalue weighted by Gasteiger charge is -2.34. The summed E-state index contributed by atoms with van der Waals surface area (Å²) in [6, 6.07) is 4.32. The molecule has 1 fully saturated rings. The number of benzene rings is 1. The van der Waals surface area contributed by atoms with Gasteiger partial charge in [0, 0.05) is 12.1 Å². The van der Waals surface area contributed by atoms with Crippen LogP contribution in [0.25, 0.3) is 0 Å². The molecule has 1 saturated heterocycles. The van der Waals surface area contributed by atoms with Gasteiger partial charge >= 0.3 is 0 Å². The van der Waals surface area contributed by atoms with Crippen molar-refractivity contribution < 1.29 is 12.8 Å². The molecule has 2 heterocycles. The second-order valence-electron chi connectivity index (χ2n) is 6.09. The third-order valence-electron chi connectivity index (χ3n) is 4.51. The van der Waals surface area contributed by atoms with Crippen LogP contribution in [0.5, 0.6) is 0 Å². The van der Waals surface area contributed by atoms with Gasteiger partial charge in [0.05, 0.1) is 10.6 Å². The predicted molar refractivity (Wildman–Crippen MR) is 79.5 cm³/mol. The van der Waals surface area contributed by atoms with Gasteiger partial charge in [0.15, 0.2) is 9.84 Å². The minimum atomic E-state index is -3.26. The average molecular weight is 312 g/mol. The van der Waals surface area contributed by atoms with Gasteiger partial charge in [-0.05, 0) is 63.2 Å². The number of sulfone groups is 1. The number of piperidine rings is 1. The largest absolute Gasteiger partial charge is 0.307 e. The van der Waals surface area contributed by atoms with Crippen LogP contribution in [-0.4, -0.2) is 45.2 Å². The lowest BCUT2D eigenvalue weighted by atomic mass is 9.99. The summed E-state index contributed by atoms with van der Waals surface area (Å²) in [5.41, 5.74) is 0.597. The van der Waals surface area contributed by atoms with Gasteiger partial charge in [-0.25, -0.2) is 12.8 Å². The Bertz CT molecular complexity index is 625. The molecule has 2 aliphatic heterocycles. The van der Waals surface area contributed by atoms with Gasteiger partial charge < -0.3 is 10.2 Å². The van der Waals surface area contributed by atoms with Crippen LogP contribution >= 0.6 is 0 Å². The van der Waals surface area contributed by atoms with Gasteiger partial charge in [0.1, 0.15) is 5.82 Å². The molecule has 1 atom stereocenters. The molecule has 0 amide bonds. The second-order valence-corrected chi connectivity index (χ2v) is 8.16. The van der Waals surface area contributed by atoms with Crippen molar-refractivity contribution in [3.05, 3.63) is 29.6 Å². The summed E-state index contributed by atoms with van der Waals surface area (Å²) < 4.78 is 37.7. The Morgan fingerprint density at radius 2 is 1.95 bits per heavy atom. The highest BCUT2D eigenvalue weighted by atomic mass is 32.2. The van der Waals surface area contributed by atoms with E-state index in [1.807, 2.05) is 0 Å². The second kappa shape index (κ2) is 5.66. The number of nitrogens with one attached hydrogen (secondary N) is 1. The number of hydrogen-bond acceptors (Lipinski definition) is 4. The molecule has 6 heteroatoms. The van der Waals surface area contributed by atoms with Crippen LogP contribution in [0.2, 0.25) is 0 Å². The Labute approximate surface area is 125 Å². The average Bonchev–Trinajstić information content (AvgIpc) is 2.44. The number of rotatable bonds is 2. The summed E-state index contributed by atoms with van der Waals surface area (Å²) >= 11 is 0. The number of fused-ring (bicyclic) bond motifs is 1. The summed E-state index contributed by atoms with van der Waals surface area (Å²) in [4.78, 5) is 2.58. The highest BCUT2D eigenvalue weighted by Crippen LogP contribution is 2.33. The molecule has 0 spiro atoms. The van der Waals surface area contributed by atoms with Crippen molar-refractivity contribution >= 4 is 9.84 Å². The van der Waals surface area contributed by atoms with Crippen molar-refractivity contribution in [3.63, 3.8) is 0 Å². The fourth-order valence-corrected chi connectivity index (χ4v) is 4.85. The maximum Gasteiger partial charge on any atom is 0.178 e. The number of likely N-dealkylation sites (tertiary alicyclic amines) is 1. The van der Waals surface area contributed by atoms with Gasteiger partial charge in [-0.15, -0.1) is 0 Å². The van der Waals surface area contributed by atoms with Crippen LogP contribution in [0.4, 0.5) is 4.39 Å². The van der Waals surface area contributed by atoms with Crippen molar-refractivity contribution in [2.24, 2.45) is 0 Å². The molecule has 0 aromatic heterocycles. The maximum absolute atomic E-state index is 13.5. The molecule has 0 radical (unpaired) electrons. The number of nitrogens with zero attached hydrogens (tertiary/aromatic N) is 1. The smallest absolute Gasteiger partial charge is 0.178 e. The standard InChI is InChI=1S/C15H21FN2O2S/c1-18-7-4-12(5-8-18)17-14-6-9-21(19,20)15-3-2-11(16)10-13(14)15/h2-3,10,12,14,17H,4-9H2,1H3. The fourth-order valence-electron chi connectivity index (χ4n) is 3.25. The summed E-state index contributed by atoms with van der Waals surface area (Å²) in [6.07, 6.45) is 2.61. The zero-order chi connectivity index (χ0) is 15.0. The van der Waals surface area contributed by atoms with Crippen molar-refractivity contribution in [3.8, 4) is 0 Å². The molecular weight excluding hydrogens is 291 g/mol. The van der Waals surface area contributed by atoms with Crippen LogP contribution in [0.1, 0.15) is 30.9 Å². The minimum absolute atomic E-state index is 0.0624. The van der Waals surface area contributed by atoms with Crippen molar-refractivity contribution in [2.45, 2.75) is 36.2 Å². The molecule has 4 nitrogen and oxygen atoms in total. The van der Waals surface area contributed by atoms with E-state index < -0.39 is 9.84 Å². The summed E-state index contributed by atoms with van der Waals surface area (Å²) in [6.45, 7) is 2.08. The van der Waals surface area contributed by atoms with E-state index in [4.69, 9.17) is 0 Å². The van der Waals surface area contributed by atoms with Gasteiger partial charge in [0.25, 0.3) is 0 Å². The van der Waals surface area contributed by atoms with E-state index in [9.17, 15) is 12.8 Å². The molecule has 1 unspecified atom stereocenters. The van der Waals surface area contributed by atoms with Gasteiger partial charge in [-0.1, -0.05) is 0 Å². The van der Waals surface area contributed by atoms with E-state index in [1.54, 1.807) is 0 Å². The van der Waals surface area contributed by atoms with Crippen LogP contribution in [0.15, 0.2) is 23.1 Å². The Hall–Kier alpha value is -0.980. The van der Waals surface area contributed by atoms with Gasteiger partial charge in [-0.3, -0.25) is 0 Å². The molecule has 116 valence electrons. The van der Waals surface area contributed by atoms with E-state index in [0.717, 1.165) is 25.9 Å². The Kier molecular flexibility index (Phi) is 4.03. The molecule has 0 bridgehead atoms. The first-order chi connectivity index (χ1) is 9.95. The monoisotopic (exact) mass is 312 g/mol. The fraction of sp³-hybridized carbons (Fsp3) is 0.600. The molecule has 21 heavy (non-hydrogen) atoms. The predicted octanol–water partition coefficient (Wildman–Crippen LogP) is 1.73. The number of hydrogen-bond donors (Lipinski definition) is 1. The zero-order valence-corrected chi connectivity index (χ0v) is 13.0. The third kappa shape index (κ3) is 3.12. The highest BCUT2D eigenvalue weighted by molar-refractivity contribution is 7.91. The summed E-state index contributed by atoms with van der Waals surface area (Å²) in [7, 11) is -1.15.